The van der Waals surface area contributed by atoms with Crippen molar-refractivity contribution in [3.8, 4) is 17.1 Å². The number of aromatic nitrogens is 4. The number of tetrazole rings is 1. The molecule has 0 atom stereocenters. The number of hydrogen-bond acceptors (Lipinski definition) is 5. The Morgan fingerprint density at radius 3 is 2.67 bits per heavy atom. The first kappa shape index (κ1) is 13.4. The van der Waals surface area contributed by atoms with Crippen molar-refractivity contribution in [2.24, 2.45) is 0 Å². The molecule has 0 bridgehead atoms. The summed E-state index contributed by atoms with van der Waals surface area (Å²) in [6.45, 7) is 1.96. The van der Waals surface area contributed by atoms with Gasteiger partial charge in [0, 0.05) is 22.0 Å². The summed E-state index contributed by atoms with van der Waals surface area (Å²) in [5, 5.41) is 12.5. The van der Waals surface area contributed by atoms with Crippen molar-refractivity contribution in [1.29, 1.82) is 0 Å². The summed E-state index contributed by atoms with van der Waals surface area (Å²) in [4.78, 5) is 0. The van der Waals surface area contributed by atoms with Crippen LogP contribution >= 0.6 is 11.6 Å². The summed E-state index contributed by atoms with van der Waals surface area (Å²) < 4.78 is 1.61. The molecule has 0 radical (unpaired) electrons. The largest absolute Gasteiger partial charge is 0.399 e. The van der Waals surface area contributed by atoms with Crippen molar-refractivity contribution in [3.63, 3.8) is 0 Å². The zero-order chi connectivity index (χ0) is 15.0. The normalized spacial score (nSPS) is 10.8. The molecule has 0 aliphatic heterocycles. The van der Waals surface area contributed by atoms with Crippen LogP contribution in [0.3, 0.4) is 0 Å². The van der Waals surface area contributed by atoms with Gasteiger partial charge in [-0.1, -0.05) is 17.7 Å². The third-order valence-electron chi connectivity index (χ3n) is 3.19. The van der Waals surface area contributed by atoms with Crippen LogP contribution in [0.25, 0.3) is 17.1 Å². The highest BCUT2D eigenvalue weighted by Gasteiger charge is 2.15. The molecule has 0 aliphatic carbocycles. The van der Waals surface area contributed by atoms with Crippen LogP contribution in [-0.2, 0) is 0 Å². The van der Waals surface area contributed by atoms with E-state index in [0.29, 0.717) is 27.8 Å². The Bertz CT molecular complexity index is 811. The summed E-state index contributed by atoms with van der Waals surface area (Å²) in [7, 11) is 0. The van der Waals surface area contributed by atoms with Crippen molar-refractivity contribution in [2.75, 3.05) is 11.5 Å². The molecule has 0 spiro atoms. The van der Waals surface area contributed by atoms with Crippen LogP contribution in [0.15, 0.2) is 36.4 Å². The van der Waals surface area contributed by atoms with Gasteiger partial charge in [-0.3, -0.25) is 0 Å². The van der Waals surface area contributed by atoms with E-state index in [2.05, 4.69) is 15.5 Å². The Labute approximate surface area is 126 Å². The van der Waals surface area contributed by atoms with Gasteiger partial charge in [-0.15, -0.1) is 5.10 Å². The molecule has 6 nitrogen and oxygen atoms in total. The highest BCUT2D eigenvalue weighted by molar-refractivity contribution is 6.30. The first-order valence-electron chi connectivity index (χ1n) is 6.26. The summed E-state index contributed by atoms with van der Waals surface area (Å²) in [5.74, 6) is 0.540. The van der Waals surface area contributed by atoms with Crippen molar-refractivity contribution >= 4 is 23.0 Å². The average Bonchev–Trinajstić information content (AvgIpc) is 2.90. The number of rotatable bonds is 2. The number of benzene rings is 2. The number of halogens is 1. The lowest BCUT2D eigenvalue weighted by Crippen LogP contribution is -2.04. The van der Waals surface area contributed by atoms with E-state index in [0.717, 1.165) is 11.3 Å². The molecule has 106 valence electrons. The molecule has 2 aromatic carbocycles. The molecule has 7 heteroatoms. The van der Waals surface area contributed by atoms with Crippen LogP contribution in [0.5, 0.6) is 0 Å². The van der Waals surface area contributed by atoms with E-state index < -0.39 is 0 Å². The van der Waals surface area contributed by atoms with E-state index in [-0.39, 0.29) is 0 Å². The molecule has 0 unspecified atom stereocenters. The number of hydrogen-bond donors (Lipinski definition) is 2. The minimum absolute atomic E-state index is 0.519. The second-order valence-electron chi connectivity index (χ2n) is 4.69. The summed E-state index contributed by atoms with van der Waals surface area (Å²) in [6, 6.07) is 10.8. The minimum atomic E-state index is 0.519. The molecule has 3 rings (SSSR count). The van der Waals surface area contributed by atoms with Gasteiger partial charge in [-0.05, 0) is 53.2 Å². The van der Waals surface area contributed by atoms with Gasteiger partial charge < -0.3 is 11.5 Å². The molecule has 21 heavy (non-hydrogen) atoms. The zero-order valence-electron chi connectivity index (χ0n) is 11.3. The van der Waals surface area contributed by atoms with Crippen molar-refractivity contribution in [3.05, 3.63) is 47.0 Å². The third kappa shape index (κ3) is 2.41. The highest BCUT2D eigenvalue weighted by Crippen LogP contribution is 2.28. The number of nitrogens with two attached hydrogens (primary N) is 2. The van der Waals surface area contributed by atoms with Gasteiger partial charge in [0.05, 0.1) is 5.69 Å². The summed E-state index contributed by atoms with van der Waals surface area (Å²) >= 11 is 6.06. The second-order valence-corrected chi connectivity index (χ2v) is 5.13. The molecule has 0 amide bonds. The SMILES string of the molecule is Cc1ccc(Cl)cc1-n1nnnc1-c1ccc(N)cc1N. The molecular weight excluding hydrogens is 288 g/mol. The Kier molecular flexibility index (Phi) is 3.23. The van der Waals surface area contributed by atoms with Crippen LogP contribution in [-0.4, -0.2) is 20.2 Å². The first-order valence-corrected chi connectivity index (χ1v) is 6.64. The molecule has 1 aromatic heterocycles. The van der Waals surface area contributed by atoms with Gasteiger partial charge in [0.2, 0.25) is 0 Å². The molecule has 0 saturated carbocycles. The maximum absolute atomic E-state index is 6.06. The first-order chi connectivity index (χ1) is 10.1. The van der Waals surface area contributed by atoms with E-state index in [1.165, 1.54) is 0 Å². The van der Waals surface area contributed by atoms with Gasteiger partial charge in [0.15, 0.2) is 5.82 Å². The lowest BCUT2D eigenvalue weighted by atomic mass is 10.1. The maximum Gasteiger partial charge on any atom is 0.189 e. The van der Waals surface area contributed by atoms with Crippen LogP contribution in [0.1, 0.15) is 5.56 Å². The molecule has 4 N–H and O–H groups in total. The second kappa shape index (κ2) is 5.06. The molecule has 0 aliphatic rings. The number of nitrogens with zero attached hydrogens (tertiary/aromatic N) is 4. The van der Waals surface area contributed by atoms with Crippen LogP contribution in [0, 0.1) is 6.92 Å². The van der Waals surface area contributed by atoms with E-state index in [1.807, 2.05) is 25.1 Å². The van der Waals surface area contributed by atoms with Crippen LogP contribution < -0.4 is 11.5 Å². The summed E-state index contributed by atoms with van der Waals surface area (Å²) in [5.41, 5.74) is 15.4. The minimum Gasteiger partial charge on any atom is -0.399 e. The molecule has 3 aromatic rings. The van der Waals surface area contributed by atoms with E-state index >= 15 is 0 Å². The highest BCUT2D eigenvalue weighted by atomic mass is 35.5. The number of anilines is 2. The van der Waals surface area contributed by atoms with E-state index in [9.17, 15) is 0 Å². The topological polar surface area (TPSA) is 95.6 Å². The van der Waals surface area contributed by atoms with Gasteiger partial charge >= 0.3 is 0 Å². The van der Waals surface area contributed by atoms with Crippen molar-refractivity contribution in [2.45, 2.75) is 6.92 Å². The Balaban J connectivity index is 2.19. The third-order valence-corrected chi connectivity index (χ3v) is 3.42. The Hall–Kier alpha value is -2.60. The predicted octanol–water partition coefficient (Wildman–Crippen LogP) is 2.46. The zero-order valence-corrected chi connectivity index (χ0v) is 12.0. The lowest BCUT2D eigenvalue weighted by Gasteiger charge is -2.10. The molecule has 0 fully saturated rings. The fourth-order valence-corrected chi connectivity index (χ4v) is 2.28. The van der Waals surface area contributed by atoms with Gasteiger partial charge in [-0.2, -0.15) is 4.68 Å². The van der Waals surface area contributed by atoms with Gasteiger partial charge in [-0.25, -0.2) is 0 Å². The standard InChI is InChI=1S/C14H13ClN6/c1-8-2-3-9(15)6-13(8)21-14(18-19-20-21)11-5-4-10(16)7-12(11)17/h2-7H,16-17H2,1H3. The lowest BCUT2D eigenvalue weighted by molar-refractivity contribution is 0.787. The van der Waals surface area contributed by atoms with E-state index in [4.69, 9.17) is 23.1 Å². The van der Waals surface area contributed by atoms with Crippen molar-refractivity contribution in [1.82, 2.24) is 20.2 Å². The van der Waals surface area contributed by atoms with E-state index in [1.54, 1.807) is 22.9 Å². The number of aryl methyl sites for hydroxylation is 1. The average molecular weight is 301 g/mol. The maximum atomic E-state index is 6.06. The molecular formula is C14H13ClN6. The van der Waals surface area contributed by atoms with Gasteiger partial charge in [0.25, 0.3) is 0 Å². The monoisotopic (exact) mass is 300 g/mol. The Morgan fingerprint density at radius 2 is 1.90 bits per heavy atom. The fourth-order valence-electron chi connectivity index (χ4n) is 2.11. The fraction of sp³-hybridized carbons (Fsp3) is 0.0714. The summed E-state index contributed by atoms with van der Waals surface area (Å²) in [6.07, 6.45) is 0. The van der Waals surface area contributed by atoms with Crippen molar-refractivity contribution < 1.29 is 0 Å². The molecule has 1 heterocycles. The van der Waals surface area contributed by atoms with Crippen LogP contribution in [0.2, 0.25) is 5.02 Å². The molecule has 0 saturated heterocycles. The van der Waals surface area contributed by atoms with Crippen LogP contribution in [0.4, 0.5) is 11.4 Å². The quantitative estimate of drug-likeness (QED) is 0.709. The predicted molar refractivity (Wildman–Crippen MR) is 83.2 cm³/mol. The number of nitrogen functional groups attached to an aromatic ring is 2. The Morgan fingerprint density at radius 1 is 1.10 bits per heavy atom. The van der Waals surface area contributed by atoms with Gasteiger partial charge in [0.1, 0.15) is 0 Å². The smallest absolute Gasteiger partial charge is 0.189 e.